The minimum atomic E-state index is -0.465. The Morgan fingerprint density at radius 2 is 1.88 bits per heavy atom. The van der Waals surface area contributed by atoms with Crippen molar-refractivity contribution >= 4 is 5.78 Å². The van der Waals surface area contributed by atoms with Crippen molar-refractivity contribution in [2.75, 3.05) is 14.2 Å². The summed E-state index contributed by atoms with van der Waals surface area (Å²) in [6.07, 6.45) is -0.218. The summed E-state index contributed by atoms with van der Waals surface area (Å²) >= 11 is 0. The number of carbonyl (C=O) groups excluding carboxylic acids is 1. The van der Waals surface area contributed by atoms with E-state index in [-0.39, 0.29) is 12.2 Å². The Hall–Kier alpha value is -1.19. The predicted octanol–water partition coefficient (Wildman–Crippen LogP) is 2.50. The third-order valence-electron chi connectivity index (χ3n) is 2.57. The molecule has 0 spiro atoms. The first-order chi connectivity index (χ1) is 7.58. The zero-order valence-electron chi connectivity index (χ0n) is 10.2. The molecule has 0 unspecified atom stereocenters. The van der Waals surface area contributed by atoms with Crippen LogP contribution in [0.2, 0.25) is 0 Å². The van der Waals surface area contributed by atoms with E-state index in [0.29, 0.717) is 0 Å². The number of hydrogen-bond donors (Lipinski definition) is 0. The van der Waals surface area contributed by atoms with Crippen molar-refractivity contribution < 1.29 is 14.3 Å². The molecule has 0 radical (unpaired) electrons. The minimum Gasteiger partial charge on any atom is -0.355 e. The van der Waals surface area contributed by atoms with Gasteiger partial charge in [-0.2, -0.15) is 0 Å². The lowest BCUT2D eigenvalue weighted by Crippen LogP contribution is -2.18. The first-order valence-electron chi connectivity index (χ1n) is 5.24. The summed E-state index contributed by atoms with van der Waals surface area (Å²) < 4.78 is 10.0. The fourth-order valence-electron chi connectivity index (χ4n) is 1.56. The van der Waals surface area contributed by atoms with Gasteiger partial charge in [-0.15, -0.1) is 0 Å². The molecule has 3 heteroatoms. The molecule has 0 aliphatic carbocycles. The molecular formula is C13H18O3. The van der Waals surface area contributed by atoms with Gasteiger partial charge in [0.1, 0.15) is 0 Å². The van der Waals surface area contributed by atoms with Crippen molar-refractivity contribution in [2.24, 2.45) is 0 Å². The van der Waals surface area contributed by atoms with E-state index in [4.69, 9.17) is 9.47 Å². The Labute approximate surface area is 96.4 Å². The van der Waals surface area contributed by atoms with Crippen LogP contribution in [0.25, 0.3) is 0 Å². The summed E-state index contributed by atoms with van der Waals surface area (Å²) in [4.78, 5) is 12.0. The van der Waals surface area contributed by atoms with Crippen LogP contribution in [-0.2, 0) is 9.47 Å². The highest BCUT2D eigenvalue weighted by Crippen LogP contribution is 2.14. The molecule has 0 heterocycles. The standard InChI is InChI=1S/C13H18O3/c1-9-5-6-10(2)11(7-9)12(14)8-13(15-3)16-4/h5-7,13H,8H2,1-4H3. The third kappa shape index (κ3) is 3.15. The van der Waals surface area contributed by atoms with Gasteiger partial charge in [-0.1, -0.05) is 17.7 Å². The molecule has 0 N–H and O–H groups in total. The molecule has 1 aromatic rings. The second-order valence-electron chi connectivity index (χ2n) is 3.85. The molecular weight excluding hydrogens is 204 g/mol. The van der Waals surface area contributed by atoms with Gasteiger partial charge in [-0.25, -0.2) is 0 Å². The third-order valence-corrected chi connectivity index (χ3v) is 2.57. The lowest BCUT2D eigenvalue weighted by Gasteiger charge is -2.13. The highest BCUT2D eigenvalue weighted by atomic mass is 16.7. The number of aryl methyl sites for hydroxylation is 2. The molecule has 0 fully saturated rings. The van der Waals surface area contributed by atoms with Gasteiger partial charge in [0.15, 0.2) is 12.1 Å². The highest BCUT2D eigenvalue weighted by molar-refractivity contribution is 5.97. The molecule has 3 nitrogen and oxygen atoms in total. The van der Waals surface area contributed by atoms with Gasteiger partial charge >= 0.3 is 0 Å². The quantitative estimate of drug-likeness (QED) is 0.567. The Morgan fingerprint density at radius 1 is 1.25 bits per heavy atom. The number of ketones is 1. The van der Waals surface area contributed by atoms with E-state index in [9.17, 15) is 4.79 Å². The number of Topliss-reactive ketones (excluding diaryl/α,β-unsaturated/α-hetero) is 1. The van der Waals surface area contributed by atoms with Crippen LogP contribution in [0.1, 0.15) is 27.9 Å². The van der Waals surface area contributed by atoms with E-state index < -0.39 is 6.29 Å². The largest absolute Gasteiger partial charge is 0.355 e. The fraction of sp³-hybridized carbons (Fsp3) is 0.462. The van der Waals surface area contributed by atoms with Gasteiger partial charge in [-0.05, 0) is 25.5 Å². The Balaban J connectivity index is 2.83. The lowest BCUT2D eigenvalue weighted by atomic mass is 10.0. The molecule has 1 aromatic carbocycles. The molecule has 0 amide bonds. The number of benzene rings is 1. The molecule has 0 aromatic heterocycles. The van der Waals surface area contributed by atoms with Gasteiger partial charge in [0.05, 0.1) is 6.42 Å². The van der Waals surface area contributed by atoms with Crippen molar-refractivity contribution in [3.05, 3.63) is 34.9 Å². The van der Waals surface area contributed by atoms with E-state index in [1.807, 2.05) is 32.0 Å². The van der Waals surface area contributed by atoms with Crippen molar-refractivity contribution in [3.8, 4) is 0 Å². The van der Waals surface area contributed by atoms with Crippen molar-refractivity contribution in [3.63, 3.8) is 0 Å². The van der Waals surface area contributed by atoms with Crippen LogP contribution in [0.3, 0.4) is 0 Å². The maximum atomic E-state index is 12.0. The predicted molar refractivity (Wildman–Crippen MR) is 62.7 cm³/mol. The van der Waals surface area contributed by atoms with Gasteiger partial charge < -0.3 is 9.47 Å². The number of carbonyl (C=O) groups is 1. The molecule has 0 aliphatic rings. The average molecular weight is 222 g/mol. The minimum absolute atomic E-state index is 0.0508. The average Bonchev–Trinajstić information content (AvgIpc) is 2.28. The van der Waals surface area contributed by atoms with E-state index >= 15 is 0 Å². The zero-order valence-corrected chi connectivity index (χ0v) is 10.2. The van der Waals surface area contributed by atoms with Crippen LogP contribution in [-0.4, -0.2) is 26.3 Å². The van der Waals surface area contributed by atoms with Crippen LogP contribution in [0.4, 0.5) is 0 Å². The van der Waals surface area contributed by atoms with Crippen LogP contribution >= 0.6 is 0 Å². The van der Waals surface area contributed by atoms with Crippen LogP contribution in [0.15, 0.2) is 18.2 Å². The second kappa shape index (κ2) is 5.77. The summed E-state index contributed by atoms with van der Waals surface area (Å²) in [5.41, 5.74) is 2.82. The van der Waals surface area contributed by atoms with E-state index in [0.717, 1.165) is 16.7 Å². The van der Waals surface area contributed by atoms with Crippen LogP contribution in [0.5, 0.6) is 0 Å². The summed E-state index contributed by atoms with van der Waals surface area (Å²) in [5.74, 6) is 0.0508. The number of rotatable bonds is 5. The summed E-state index contributed by atoms with van der Waals surface area (Å²) in [5, 5.41) is 0. The van der Waals surface area contributed by atoms with E-state index in [1.54, 1.807) is 0 Å². The number of methoxy groups -OCH3 is 2. The molecule has 0 saturated heterocycles. The maximum Gasteiger partial charge on any atom is 0.168 e. The normalized spacial score (nSPS) is 10.8. The highest BCUT2D eigenvalue weighted by Gasteiger charge is 2.15. The Kier molecular flexibility index (Phi) is 4.65. The summed E-state index contributed by atoms with van der Waals surface area (Å²) in [6.45, 7) is 3.90. The molecule has 0 bridgehead atoms. The Morgan fingerprint density at radius 3 is 2.44 bits per heavy atom. The SMILES string of the molecule is COC(CC(=O)c1cc(C)ccc1C)OC. The van der Waals surface area contributed by atoms with Crippen molar-refractivity contribution in [1.82, 2.24) is 0 Å². The van der Waals surface area contributed by atoms with Gasteiger partial charge in [0.2, 0.25) is 0 Å². The summed E-state index contributed by atoms with van der Waals surface area (Å²) in [7, 11) is 3.06. The second-order valence-corrected chi connectivity index (χ2v) is 3.85. The van der Waals surface area contributed by atoms with E-state index in [1.165, 1.54) is 14.2 Å². The maximum absolute atomic E-state index is 12.0. The molecule has 88 valence electrons. The van der Waals surface area contributed by atoms with Gasteiger partial charge in [0.25, 0.3) is 0 Å². The van der Waals surface area contributed by atoms with E-state index in [2.05, 4.69) is 0 Å². The van der Waals surface area contributed by atoms with Gasteiger partial charge in [0, 0.05) is 19.8 Å². The first kappa shape index (κ1) is 12.9. The zero-order chi connectivity index (χ0) is 12.1. The van der Waals surface area contributed by atoms with Crippen LogP contribution in [0, 0.1) is 13.8 Å². The lowest BCUT2D eigenvalue weighted by molar-refractivity contribution is -0.0993. The van der Waals surface area contributed by atoms with Gasteiger partial charge in [-0.3, -0.25) is 4.79 Å². The first-order valence-corrected chi connectivity index (χ1v) is 5.24. The Bertz CT molecular complexity index is 367. The molecule has 0 atom stereocenters. The smallest absolute Gasteiger partial charge is 0.168 e. The molecule has 0 aliphatic heterocycles. The van der Waals surface area contributed by atoms with Crippen molar-refractivity contribution in [1.29, 1.82) is 0 Å². The fourth-order valence-corrected chi connectivity index (χ4v) is 1.56. The molecule has 0 saturated carbocycles. The van der Waals surface area contributed by atoms with Crippen LogP contribution < -0.4 is 0 Å². The summed E-state index contributed by atoms with van der Waals surface area (Å²) in [6, 6.07) is 5.85. The molecule has 16 heavy (non-hydrogen) atoms. The number of hydrogen-bond acceptors (Lipinski definition) is 3. The van der Waals surface area contributed by atoms with Crippen molar-refractivity contribution in [2.45, 2.75) is 26.6 Å². The monoisotopic (exact) mass is 222 g/mol. The number of ether oxygens (including phenoxy) is 2. The molecule has 1 rings (SSSR count). The topological polar surface area (TPSA) is 35.5 Å².